The third-order valence-electron chi connectivity index (χ3n) is 7.05. The van der Waals surface area contributed by atoms with E-state index in [4.69, 9.17) is 9.94 Å². The van der Waals surface area contributed by atoms with E-state index >= 15 is 0 Å². The summed E-state index contributed by atoms with van der Waals surface area (Å²) >= 11 is 0. The van der Waals surface area contributed by atoms with Gasteiger partial charge in [-0.15, -0.1) is 0 Å². The topological polar surface area (TPSA) is 106 Å². The molecule has 0 aromatic rings. The van der Waals surface area contributed by atoms with Crippen molar-refractivity contribution < 1.29 is 18.9 Å². The molecule has 9 nitrogen and oxygen atoms in total. The Morgan fingerprint density at radius 2 is 1.83 bits per heavy atom. The highest BCUT2D eigenvalue weighted by molar-refractivity contribution is 6.74. The van der Waals surface area contributed by atoms with Gasteiger partial charge in [-0.05, 0) is 37.4 Å². The van der Waals surface area contributed by atoms with Crippen LogP contribution in [0.4, 0.5) is 4.79 Å². The first-order valence-corrected chi connectivity index (χ1v) is 13.7. The van der Waals surface area contributed by atoms with Crippen molar-refractivity contribution in [2.45, 2.75) is 77.2 Å². The second-order valence-electron chi connectivity index (χ2n) is 10.2. The maximum absolute atomic E-state index is 13.1. The van der Waals surface area contributed by atoms with Crippen LogP contribution in [0.2, 0.25) is 18.1 Å². The zero-order valence-electron chi connectivity index (χ0n) is 18.9. The van der Waals surface area contributed by atoms with Crippen LogP contribution in [0.5, 0.6) is 0 Å². The van der Waals surface area contributed by atoms with Crippen molar-refractivity contribution in [3.8, 4) is 0 Å². The number of amides is 4. The number of hydrogen-bond donors (Lipinski definition) is 2. The number of carbonyl (C=O) groups is 3. The lowest BCUT2D eigenvalue weighted by molar-refractivity contribution is -0.128. The summed E-state index contributed by atoms with van der Waals surface area (Å²) in [6, 6.07) is -0.670. The van der Waals surface area contributed by atoms with Crippen LogP contribution < -0.4 is 5.32 Å². The van der Waals surface area contributed by atoms with Gasteiger partial charge in [0.1, 0.15) is 5.84 Å². The Morgan fingerprint density at radius 1 is 1.17 bits per heavy atom. The van der Waals surface area contributed by atoms with Crippen molar-refractivity contribution in [1.29, 1.82) is 5.41 Å². The van der Waals surface area contributed by atoms with Gasteiger partial charge in [0.05, 0.1) is 18.0 Å². The molecule has 3 heterocycles. The monoisotopic (exact) mass is 437 g/mol. The quantitative estimate of drug-likeness (QED) is 0.399. The van der Waals surface area contributed by atoms with E-state index in [2.05, 4.69) is 39.2 Å². The number of rotatable bonds is 4. The van der Waals surface area contributed by atoms with Crippen LogP contribution in [-0.4, -0.2) is 78.6 Å². The fourth-order valence-electron chi connectivity index (χ4n) is 4.01. The molecule has 3 rings (SSSR count). The molecule has 0 aliphatic carbocycles. The van der Waals surface area contributed by atoms with E-state index in [1.165, 1.54) is 12.0 Å². The third-order valence-corrected chi connectivity index (χ3v) is 11.3. The lowest BCUT2D eigenvalue weighted by Gasteiger charge is -2.39. The number of nitrogens with zero attached hydrogens (tertiary/aromatic N) is 3. The number of likely N-dealkylation sites (tertiary alicyclic amines) is 1. The smallest absolute Gasteiger partial charge is 0.342 e. The number of amidine groups is 1. The molecule has 4 amide bonds. The molecular weight excluding hydrogens is 402 g/mol. The van der Waals surface area contributed by atoms with Gasteiger partial charge >= 0.3 is 6.03 Å². The summed E-state index contributed by atoms with van der Waals surface area (Å²) in [6.07, 6.45) is 1.96. The first-order chi connectivity index (χ1) is 13.8. The largest absolute Gasteiger partial charge is 0.343 e. The maximum Gasteiger partial charge on any atom is 0.343 e. The Bertz CT molecular complexity index is 750. The van der Waals surface area contributed by atoms with Gasteiger partial charge in [-0.1, -0.05) is 20.8 Å². The molecule has 3 fully saturated rings. The van der Waals surface area contributed by atoms with Crippen LogP contribution in [0.15, 0.2) is 0 Å². The zero-order chi connectivity index (χ0) is 22.4. The Kier molecular flexibility index (Phi) is 6.03. The molecule has 2 N–H and O–H groups in total. The van der Waals surface area contributed by atoms with Crippen LogP contribution in [0, 0.1) is 11.3 Å². The third kappa shape index (κ3) is 4.25. The molecule has 0 aromatic carbocycles. The second-order valence-corrected chi connectivity index (χ2v) is 14.9. The fourth-order valence-corrected chi connectivity index (χ4v) is 5.00. The summed E-state index contributed by atoms with van der Waals surface area (Å²) < 4.78 is 6.30. The molecule has 3 aliphatic heterocycles. The summed E-state index contributed by atoms with van der Waals surface area (Å²) in [7, 11) is -2.16. The van der Waals surface area contributed by atoms with Crippen molar-refractivity contribution in [3.63, 3.8) is 0 Å². The average molecular weight is 438 g/mol. The molecule has 168 valence electrons. The molecule has 0 spiro atoms. The van der Waals surface area contributed by atoms with Gasteiger partial charge in [0.2, 0.25) is 20.1 Å². The van der Waals surface area contributed by atoms with Crippen LogP contribution in [-0.2, 0) is 14.1 Å². The minimum atomic E-state index is -2.16. The molecule has 1 unspecified atom stereocenters. The summed E-state index contributed by atoms with van der Waals surface area (Å²) in [5.41, 5.74) is 0. The molecular formula is C20H35N5O4Si. The highest BCUT2D eigenvalue weighted by Crippen LogP contribution is 2.40. The van der Waals surface area contributed by atoms with Crippen LogP contribution in [0.3, 0.4) is 0 Å². The van der Waals surface area contributed by atoms with E-state index in [0.29, 0.717) is 32.5 Å². The Morgan fingerprint density at radius 3 is 2.40 bits per heavy atom. The Hall–Kier alpha value is -1.94. The standard InChI is InChI=1S/C20H35N5O4Si/c1-13(26)23-10-9-14(11-23)18(27)22-17(21)16-8-7-15-12-24(16)19(28)25(15)29-30(5,6)20(2,3)4/h14-16H,7-12H2,1-6H3,(H2,21,22,27)/t14?,15-,16+/m1/s1. The van der Waals surface area contributed by atoms with Crippen LogP contribution >= 0.6 is 0 Å². The molecule has 2 bridgehead atoms. The molecule has 3 aliphatic rings. The van der Waals surface area contributed by atoms with Gasteiger partial charge < -0.3 is 19.6 Å². The van der Waals surface area contributed by atoms with Crippen LogP contribution in [0.1, 0.15) is 47.0 Å². The van der Waals surface area contributed by atoms with Gasteiger partial charge in [-0.2, -0.15) is 0 Å². The maximum atomic E-state index is 13.1. The number of carbonyl (C=O) groups excluding carboxylic acids is 3. The highest BCUT2D eigenvalue weighted by atomic mass is 28.4. The predicted octanol–water partition coefficient (Wildman–Crippen LogP) is 2.15. The summed E-state index contributed by atoms with van der Waals surface area (Å²) in [6.45, 7) is 13.6. The molecule has 10 heteroatoms. The van der Waals surface area contributed by atoms with E-state index in [9.17, 15) is 14.4 Å². The van der Waals surface area contributed by atoms with Crippen molar-refractivity contribution in [2.24, 2.45) is 5.92 Å². The Labute approximate surface area is 179 Å². The number of hydroxylamine groups is 2. The van der Waals surface area contributed by atoms with E-state index in [0.717, 1.165) is 6.42 Å². The molecule has 0 radical (unpaired) electrons. The van der Waals surface area contributed by atoms with E-state index in [-0.39, 0.29) is 40.7 Å². The minimum Gasteiger partial charge on any atom is -0.342 e. The van der Waals surface area contributed by atoms with Gasteiger partial charge in [0.15, 0.2) is 0 Å². The van der Waals surface area contributed by atoms with Crippen molar-refractivity contribution in [3.05, 3.63) is 0 Å². The van der Waals surface area contributed by atoms with E-state index in [1.807, 2.05) is 0 Å². The molecule has 3 atom stereocenters. The minimum absolute atomic E-state index is 0.00895. The first kappa shape index (κ1) is 22.7. The summed E-state index contributed by atoms with van der Waals surface area (Å²) in [5.74, 6) is -0.532. The Balaban J connectivity index is 1.62. The highest BCUT2D eigenvalue weighted by Gasteiger charge is 2.51. The van der Waals surface area contributed by atoms with Crippen LogP contribution in [0.25, 0.3) is 0 Å². The molecule has 3 saturated heterocycles. The number of fused-ring (bicyclic) bond motifs is 2. The van der Waals surface area contributed by atoms with Gasteiger partial charge in [-0.3, -0.25) is 15.0 Å². The average Bonchev–Trinajstić information content (AvgIpc) is 3.21. The molecule has 0 saturated carbocycles. The summed E-state index contributed by atoms with van der Waals surface area (Å²) in [5, 5.41) is 12.7. The summed E-state index contributed by atoms with van der Waals surface area (Å²) in [4.78, 5) is 40.5. The van der Waals surface area contributed by atoms with Gasteiger partial charge in [0, 0.05) is 26.6 Å². The van der Waals surface area contributed by atoms with Crippen molar-refractivity contribution in [2.75, 3.05) is 19.6 Å². The van der Waals surface area contributed by atoms with E-state index < -0.39 is 14.4 Å². The molecule has 0 aromatic heterocycles. The number of hydrogen-bond acceptors (Lipinski definition) is 5. The van der Waals surface area contributed by atoms with E-state index in [1.54, 1.807) is 9.80 Å². The normalized spacial score (nSPS) is 26.9. The number of nitrogens with one attached hydrogen (secondary N) is 2. The number of piperidine rings is 1. The molecule has 30 heavy (non-hydrogen) atoms. The lowest BCUT2D eigenvalue weighted by atomic mass is 9.99. The van der Waals surface area contributed by atoms with Crippen molar-refractivity contribution in [1.82, 2.24) is 20.2 Å². The first-order valence-electron chi connectivity index (χ1n) is 10.8. The van der Waals surface area contributed by atoms with Gasteiger partial charge in [-0.25, -0.2) is 9.86 Å². The zero-order valence-corrected chi connectivity index (χ0v) is 19.9. The predicted molar refractivity (Wildman–Crippen MR) is 115 cm³/mol. The van der Waals surface area contributed by atoms with Crippen molar-refractivity contribution >= 4 is 32.0 Å². The SMILES string of the molecule is CC(=O)N1CCC(C(=O)NC(=N)[C@@H]2CC[C@@H]3CN2C(=O)N3O[Si](C)(C)C(C)(C)C)C1. The lowest BCUT2D eigenvalue weighted by Crippen LogP contribution is -2.52. The van der Waals surface area contributed by atoms with Gasteiger partial charge in [0.25, 0.3) is 0 Å². The second kappa shape index (κ2) is 7.95. The number of urea groups is 1. The fraction of sp³-hybridized carbons (Fsp3) is 0.800.